The van der Waals surface area contributed by atoms with Crippen molar-refractivity contribution in [2.75, 3.05) is 26.0 Å². The van der Waals surface area contributed by atoms with Gasteiger partial charge in [-0.3, -0.25) is 4.79 Å². The van der Waals surface area contributed by atoms with E-state index in [-0.39, 0.29) is 6.04 Å². The number of benzene rings is 2. The summed E-state index contributed by atoms with van der Waals surface area (Å²) in [6, 6.07) is 15.9. The monoisotopic (exact) mass is 363 g/mol. The van der Waals surface area contributed by atoms with Gasteiger partial charge in [0.25, 0.3) is 5.91 Å². The number of fused-ring (bicyclic) bond motifs is 1. The van der Waals surface area contributed by atoms with Crippen LogP contribution >= 0.6 is 0 Å². The molecular weight excluding hydrogens is 338 g/mol. The average molecular weight is 363 g/mol. The predicted octanol–water partition coefficient (Wildman–Crippen LogP) is 2.62. The van der Waals surface area contributed by atoms with Crippen LogP contribution in [0, 0.1) is 6.92 Å². The molecule has 3 rings (SSSR count). The summed E-state index contributed by atoms with van der Waals surface area (Å²) in [5.41, 5.74) is 7.77. The maximum atomic E-state index is 11.8. The van der Waals surface area contributed by atoms with Gasteiger partial charge in [0, 0.05) is 18.0 Å². The molecule has 0 fully saturated rings. The Kier molecular flexibility index (Phi) is 5.66. The molecule has 1 unspecified atom stereocenters. The van der Waals surface area contributed by atoms with Gasteiger partial charge >= 0.3 is 0 Å². The molecule has 1 amide bonds. The lowest BCUT2D eigenvalue weighted by molar-refractivity contribution is 0.100. The third kappa shape index (κ3) is 4.60. The SMILES string of the molecule is Cc1nc(NC(Cc2ccccc2)CN(C)C)c2cccc(C(N)=O)c2n1. The highest BCUT2D eigenvalue weighted by Crippen LogP contribution is 2.24. The minimum atomic E-state index is -0.487. The van der Waals surface area contributed by atoms with E-state index in [9.17, 15) is 4.79 Å². The molecule has 1 atom stereocenters. The molecule has 140 valence electrons. The lowest BCUT2D eigenvalue weighted by Crippen LogP contribution is -2.34. The zero-order valence-corrected chi connectivity index (χ0v) is 15.9. The molecule has 2 aromatic carbocycles. The fraction of sp³-hybridized carbons (Fsp3) is 0.286. The molecule has 1 heterocycles. The van der Waals surface area contributed by atoms with Crippen molar-refractivity contribution in [3.63, 3.8) is 0 Å². The van der Waals surface area contributed by atoms with Crippen LogP contribution in [0.5, 0.6) is 0 Å². The molecule has 0 saturated carbocycles. The van der Waals surface area contributed by atoms with Gasteiger partial charge in [0.2, 0.25) is 0 Å². The first-order valence-corrected chi connectivity index (χ1v) is 8.96. The minimum absolute atomic E-state index is 0.150. The van der Waals surface area contributed by atoms with E-state index in [4.69, 9.17) is 5.73 Å². The number of nitrogens with zero attached hydrogens (tertiary/aromatic N) is 3. The van der Waals surface area contributed by atoms with Crippen LogP contribution in [-0.2, 0) is 6.42 Å². The summed E-state index contributed by atoms with van der Waals surface area (Å²) in [4.78, 5) is 23.0. The number of aromatic nitrogens is 2. The van der Waals surface area contributed by atoms with E-state index in [1.54, 1.807) is 6.07 Å². The van der Waals surface area contributed by atoms with Crippen molar-refractivity contribution in [3.05, 3.63) is 65.5 Å². The van der Waals surface area contributed by atoms with Crippen molar-refractivity contribution in [2.24, 2.45) is 5.73 Å². The van der Waals surface area contributed by atoms with E-state index in [1.165, 1.54) is 5.56 Å². The van der Waals surface area contributed by atoms with Gasteiger partial charge in [0.15, 0.2) is 0 Å². The van der Waals surface area contributed by atoms with E-state index in [1.807, 2.05) is 51.4 Å². The summed E-state index contributed by atoms with van der Waals surface area (Å²) in [5, 5.41) is 4.36. The van der Waals surface area contributed by atoms with Crippen molar-refractivity contribution >= 4 is 22.6 Å². The number of carbonyl (C=O) groups is 1. The summed E-state index contributed by atoms with van der Waals surface area (Å²) in [7, 11) is 4.10. The fourth-order valence-corrected chi connectivity index (χ4v) is 3.27. The number of aryl methyl sites for hydroxylation is 1. The molecule has 3 aromatic rings. The van der Waals surface area contributed by atoms with Crippen LogP contribution in [0.2, 0.25) is 0 Å². The van der Waals surface area contributed by atoms with E-state index in [0.29, 0.717) is 16.9 Å². The molecule has 0 radical (unpaired) electrons. The van der Waals surface area contributed by atoms with Crippen LogP contribution in [0.1, 0.15) is 21.7 Å². The number of anilines is 1. The molecule has 0 spiro atoms. The van der Waals surface area contributed by atoms with Crippen LogP contribution in [0.3, 0.4) is 0 Å². The quantitative estimate of drug-likeness (QED) is 0.674. The first-order valence-electron chi connectivity index (χ1n) is 8.96. The van der Waals surface area contributed by atoms with Gasteiger partial charge in [-0.25, -0.2) is 9.97 Å². The van der Waals surface area contributed by atoms with Gasteiger partial charge in [0.1, 0.15) is 11.6 Å². The second-order valence-corrected chi connectivity index (χ2v) is 6.98. The average Bonchev–Trinajstić information content (AvgIpc) is 2.61. The van der Waals surface area contributed by atoms with Gasteiger partial charge in [-0.1, -0.05) is 36.4 Å². The van der Waals surface area contributed by atoms with Crippen molar-refractivity contribution in [1.82, 2.24) is 14.9 Å². The minimum Gasteiger partial charge on any atom is -0.366 e. The van der Waals surface area contributed by atoms with E-state index in [0.717, 1.165) is 24.2 Å². The van der Waals surface area contributed by atoms with E-state index < -0.39 is 5.91 Å². The van der Waals surface area contributed by atoms with Gasteiger partial charge in [-0.15, -0.1) is 0 Å². The van der Waals surface area contributed by atoms with Gasteiger partial charge in [-0.2, -0.15) is 0 Å². The van der Waals surface area contributed by atoms with Crippen molar-refractivity contribution in [3.8, 4) is 0 Å². The molecule has 1 aromatic heterocycles. The molecule has 3 N–H and O–H groups in total. The number of hydrogen-bond donors (Lipinski definition) is 2. The van der Waals surface area contributed by atoms with Crippen molar-refractivity contribution < 1.29 is 4.79 Å². The number of hydrogen-bond acceptors (Lipinski definition) is 5. The zero-order valence-electron chi connectivity index (χ0n) is 15.9. The molecular formula is C21H25N5O. The summed E-state index contributed by atoms with van der Waals surface area (Å²) >= 11 is 0. The van der Waals surface area contributed by atoms with Crippen LogP contribution in [0.15, 0.2) is 48.5 Å². The second-order valence-electron chi connectivity index (χ2n) is 6.98. The number of likely N-dealkylation sites (N-methyl/N-ethyl adjacent to an activating group) is 1. The molecule has 0 aliphatic carbocycles. The lowest BCUT2D eigenvalue weighted by Gasteiger charge is -2.24. The molecule has 0 bridgehead atoms. The summed E-state index contributed by atoms with van der Waals surface area (Å²) < 4.78 is 0. The van der Waals surface area contributed by atoms with Crippen LogP contribution in [0.25, 0.3) is 10.9 Å². The Balaban J connectivity index is 1.99. The Morgan fingerprint density at radius 3 is 2.52 bits per heavy atom. The van der Waals surface area contributed by atoms with Crippen LogP contribution in [0.4, 0.5) is 5.82 Å². The van der Waals surface area contributed by atoms with Crippen LogP contribution in [-0.4, -0.2) is 47.5 Å². The Morgan fingerprint density at radius 1 is 1.11 bits per heavy atom. The smallest absolute Gasteiger partial charge is 0.250 e. The number of para-hydroxylation sites is 1. The molecule has 0 saturated heterocycles. The van der Waals surface area contributed by atoms with Crippen LogP contribution < -0.4 is 11.1 Å². The van der Waals surface area contributed by atoms with E-state index in [2.05, 4.69) is 32.3 Å². The molecule has 6 nitrogen and oxygen atoms in total. The normalized spacial score (nSPS) is 12.3. The topological polar surface area (TPSA) is 84.1 Å². The lowest BCUT2D eigenvalue weighted by atomic mass is 10.0. The maximum absolute atomic E-state index is 11.8. The first kappa shape index (κ1) is 18.8. The number of nitrogens with two attached hydrogens (primary N) is 1. The Hall–Kier alpha value is -2.99. The van der Waals surface area contributed by atoms with E-state index >= 15 is 0 Å². The maximum Gasteiger partial charge on any atom is 0.250 e. The highest BCUT2D eigenvalue weighted by molar-refractivity contribution is 6.07. The number of amides is 1. The number of rotatable bonds is 7. The Morgan fingerprint density at radius 2 is 1.85 bits per heavy atom. The highest BCUT2D eigenvalue weighted by atomic mass is 16.1. The predicted molar refractivity (Wildman–Crippen MR) is 109 cm³/mol. The zero-order chi connectivity index (χ0) is 19.4. The Bertz CT molecular complexity index is 940. The van der Waals surface area contributed by atoms with Crippen molar-refractivity contribution in [1.29, 1.82) is 0 Å². The largest absolute Gasteiger partial charge is 0.366 e. The molecule has 0 aliphatic rings. The summed E-state index contributed by atoms with van der Waals surface area (Å²) in [6.07, 6.45) is 0.860. The number of nitrogens with one attached hydrogen (secondary N) is 1. The third-order valence-electron chi connectivity index (χ3n) is 4.36. The van der Waals surface area contributed by atoms with Gasteiger partial charge in [0.05, 0.1) is 11.1 Å². The third-order valence-corrected chi connectivity index (χ3v) is 4.36. The number of primary amides is 1. The van der Waals surface area contributed by atoms with Crippen molar-refractivity contribution in [2.45, 2.75) is 19.4 Å². The summed E-state index contributed by atoms with van der Waals surface area (Å²) in [5.74, 6) is 0.837. The second kappa shape index (κ2) is 8.14. The molecule has 6 heteroatoms. The van der Waals surface area contributed by atoms with Gasteiger partial charge < -0.3 is 16.0 Å². The summed E-state index contributed by atoms with van der Waals surface area (Å²) in [6.45, 7) is 2.66. The highest BCUT2D eigenvalue weighted by Gasteiger charge is 2.17. The first-order chi connectivity index (χ1) is 12.9. The fourth-order valence-electron chi connectivity index (χ4n) is 3.27. The Labute approximate surface area is 159 Å². The molecule has 27 heavy (non-hydrogen) atoms. The standard InChI is InChI=1S/C21H25N5O/c1-14-23-19-17(20(22)27)10-7-11-18(19)21(24-14)25-16(13-26(2)3)12-15-8-5-4-6-9-15/h4-11,16H,12-13H2,1-3H3,(H2,22,27)(H,23,24,25). The van der Waals surface area contributed by atoms with Gasteiger partial charge in [-0.05, 0) is 45.1 Å². The number of carbonyl (C=O) groups excluding carboxylic acids is 1. The molecule has 0 aliphatic heterocycles.